The van der Waals surface area contributed by atoms with Gasteiger partial charge >= 0.3 is 5.97 Å². The van der Waals surface area contributed by atoms with Crippen molar-refractivity contribution in [3.8, 4) is 0 Å². The molecule has 0 saturated heterocycles. The van der Waals surface area contributed by atoms with Crippen molar-refractivity contribution in [3.05, 3.63) is 0 Å². The fourth-order valence-electron chi connectivity index (χ4n) is 1.89. The number of nitrogens with one attached hydrogen (secondary N) is 3. The Balaban J connectivity index is 4.73. The van der Waals surface area contributed by atoms with Gasteiger partial charge in [-0.05, 0) is 19.8 Å². The van der Waals surface area contributed by atoms with Crippen molar-refractivity contribution in [2.75, 3.05) is 18.8 Å². The van der Waals surface area contributed by atoms with Crippen LogP contribution in [0.2, 0.25) is 0 Å². The van der Waals surface area contributed by atoms with Crippen molar-refractivity contribution in [1.29, 1.82) is 0 Å². The Hall–Kier alpha value is -2.54. The van der Waals surface area contributed by atoms with Gasteiger partial charge in [0.2, 0.25) is 17.7 Å². The predicted molar refractivity (Wildman–Crippen MR) is 102 cm³/mol. The molecule has 0 fully saturated rings. The second-order valence-electron chi connectivity index (χ2n) is 5.59. The van der Waals surface area contributed by atoms with Crippen LogP contribution in [0.4, 0.5) is 0 Å². The van der Waals surface area contributed by atoms with Gasteiger partial charge in [-0.2, -0.15) is 12.6 Å². The Morgan fingerprint density at radius 1 is 1.07 bits per heavy atom. The Morgan fingerprint density at radius 3 is 2.15 bits per heavy atom. The number of aliphatic imine (C=N–C) groups is 1. The second-order valence-corrected chi connectivity index (χ2v) is 5.95. The third kappa shape index (κ3) is 10.3. The monoisotopic (exact) mass is 405 g/mol. The largest absolute Gasteiger partial charge is 0.480 e. The van der Waals surface area contributed by atoms with E-state index in [4.69, 9.17) is 17.2 Å². The molecule has 0 aliphatic carbocycles. The van der Waals surface area contributed by atoms with Gasteiger partial charge in [-0.3, -0.25) is 19.4 Å². The highest BCUT2D eigenvalue weighted by Gasteiger charge is 2.27. The van der Waals surface area contributed by atoms with E-state index in [0.29, 0.717) is 6.42 Å². The standard InChI is InChI=1S/C14H27N7O5S/c1-7(19-10(22)5-15)11(23)21-9(6-27)12(24)20-8(13(25)26)3-2-4-18-14(16)17/h7-9,27H,2-6,15H2,1H3,(H,19,22)(H,20,24)(H,21,23)(H,25,26)(H4,16,17,18). The van der Waals surface area contributed by atoms with E-state index in [0.717, 1.165) is 0 Å². The van der Waals surface area contributed by atoms with E-state index in [-0.39, 0.29) is 31.2 Å². The first-order chi connectivity index (χ1) is 12.6. The number of guanidine groups is 1. The van der Waals surface area contributed by atoms with Gasteiger partial charge in [-0.1, -0.05) is 0 Å². The van der Waals surface area contributed by atoms with Crippen LogP contribution in [0.1, 0.15) is 19.8 Å². The lowest BCUT2D eigenvalue weighted by Gasteiger charge is -2.22. The Morgan fingerprint density at radius 2 is 1.67 bits per heavy atom. The minimum absolute atomic E-state index is 0.0739. The summed E-state index contributed by atoms with van der Waals surface area (Å²) in [6.07, 6.45) is 0.420. The molecule has 0 radical (unpaired) electrons. The van der Waals surface area contributed by atoms with Gasteiger partial charge in [0, 0.05) is 12.3 Å². The third-order valence-corrected chi connectivity index (χ3v) is 3.70. The van der Waals surface area contributed by atoms with Gasteiger partial charge in [0.25, 0.3) is 0 Å². The average Bonchev–Trinajstić information content (AvgIpc) is 2.60. The van der Waals surface area contributed by atoms with Gasteiger partial charge < -0.3 is 38.3 Å². The molecule has 0 aromatic rings. The molecule has 10 N–H and O–H groups in total. The van der Waals surface area contributed by atoms with Crippen molar-refractivity contribution in [2.24, 2.45) is 22.2 Å². The van der Waals surface area contributed by atoms with Crippen molar-refractivity contribution in [1.82, 2.24) is 16.0 Å². The lowest BCUT2D eigenvalue weighted by molar-refractivity contribution is -0.142. The number of nitrogens with zero attached hydrogens (tertiary/aromatic N) is 1. The zero-order valence-electron chi connectivity index (χ0n) is 15.0. The first-order valence-electron chi connectivity index (χ1n) is 8.11. The normalized spacial score (nSPS) is 13.6. The molecule has 13 heteroatoms. The van der Waals surface area contributed by atoms with E-state index in [2.05, 4.69) is 33.6 Å². The summed E-state index contributed by atoms with van der Waals surface area (Å²) < 4.78 is 0. The summed E-state index contributed by atoms with van der Waals surface area (Å²) in [6.45, 7) is 1.35. The minimum Gasteiger partial charge on any atom is -0.480 e. The van der Waals surface area contributed by atoms with Crippen molar-refractivity contribution in [2.45, 2.75) is 37.9 Å². The fourth-order valence-corrected chi connectivity index (χ4v) is 2.15. The minimum atomic E-state index is -1.24. The summed E-state index contributed by atoms with van der Waals surface area (Å²) in [5.41, 5.74) is 15.5. The van der Waals surface area contributed by atoms with Crippen LogP contribution in [0.3, 0.4) is 0 Å². The number of amides is 3. The summed E-state index contributed by atoms with van der Waals surface area (Å²) in [7, 11) is 0. The highest BCUT2D eigenvalue weighted by atomic mass is 32.1. The van der Waals surface area contributed by atoms with Crippen molar-refractivity contribution < 1.29 is 24.3 Å². The van der Waals surface area contributed by atoms with E-state index in [1.165, 1.54) is 6.92 Å². The lowest BCUT2D eigenvalue weighted by atomic mass is 10.1. The van der Waals surface area contributed by atoms with E-state index >= 15 is 0 Å². The molecule has 12 nitrogen and oxygen atoms in total. The topological polar surface area (TPSA) is 215 Å². The van der Waals surface area contributed by atoms with Crippen molar-refractivity contribution >= 4 is 42.3 Å². The molecule has 3 amide bonds. The van der Waals surface area contributed by atoms with Gasteiger partial charge in [0.05, 0.1) is 6.54 Å². The fraction of sp³-hybridized carbons (Fsp3) is 0.643. The molecular weight excluding hydrogens is 378 g/mol. The highest BCUT2D eigenvalue weighted by molar-refractivity contribution is 7.80. The predicted octanol–water partition coefficient (Wildman–Crippen LogP) is -3.51. The van der Waals surface area contributed by atoms with E-state index in [9.17, 15) is 24.3 Å². The van der Waals surface area contributed by atoms with Crippen LogP contribution in [0, 0.1) is 0 Å². The molecule has 3 unspecified atom stereocenters. The number of carbonyl (C=O) groups excluding carboxylic acids is 3. The number of hydrogen-bond acceptors (Lipinski definition) is 7. The Bertz CT molecular complexity index is 568. The quantitative estimate of drug-likeness (QED) is 0.0703. The number of hydrogen-bond donors (Lipinski definition) is 8. The molecule has 0 aliphatic rings. The molecule has 0 aromatic heterocycles. The second kappa shape index (κ2) is 12.8. The van der Waals surface area contributed by atoms with Crippen LogP contribution < -0.4 is 33.2 Å². The number of nitrogens with two attached hydrogens (primary N) is 3. The molecule has 0 heterocycles. The van der Waals surface area contributed by atoms with Crippen LogP contribution in [0.25, 0.3) is 0 Å². The maximum atomic E-state index is 12.3. The molecule has 3 atom stereocenters. The summed E-state index contributed by atoms with van der Waals surface area (Å²) in [5.74, 6) is -3.30. The number of carboxylic acids is 1. The van der Waals surface area contributed by atoms with Gasteiger partial charge in [-0.15, -0.1) is 0 Å². The highest BCUT2D eigenvalue weighted by Crippen LogP contribution is 2.01. The zero-order valence-corrected chi connectivity index (χ0v) is 15.9. The van der Waals surface area contributed by atoms with E-state index in [1.54, 1.807) is 0 Å². The van der Waals surface area contributed by atoms with Crippen LogP contribution in [-0.2, 0) is 19.2 Å². The van der Waals surface area contributed by atoms with Gasteiger partial charge in [0.15, 0.2) is 5.96 Å². The molecule has 27 heavy (non-hydrogen) atoms. The number of aliphatic carboxylic acids is 1. The molecule has 154 valence electrons. The number of rotatable bonds is 12. The zero-order chi connectivity index (χ0) is 21.0. The molecule has 0 spiro atoms. The summed E-state index contributed by atoms with van der Waals surface area (Å²) >= 11 is 3.99. The molecule has 0 aromatic carbocycles. The number of carbonyl (C=O) groups is 4. The first kappa shape index (κ1) is 24.5. The summed E-state index contributed by atoms with van der Waals surface area (Å²) in [6, 6.07) is -3.19. The summed E-state index contributed by atoms with van der Waals surface area (Å²) in [4.78, 5) is 50.5. The maximum Gasteiger partial charge on any atom is 0.326 e. The van der Waals surface area contributed by atoms with Crippen LogP contribution in [0.15, 0.2) is 4.99 Å². The SMILES string of the molecule is CC(NC(=O)CN)C(=O)NC(CS)C(=O)NC(CCCN=C(N)N)C(=O)O. The molecule has 0 rings (SSSR count). The lowest BCUT2D eigenvalue weighted by Crippen LogP contribution is -2.56. The number of carboxylic acid groups (broad SMARTS) is 1. The smallest absolute Gasteiger partial charge is 0.326 e. The first-order valence-corrected chi connectivity index (χ1v) is 8.74. The van der Waals surface area contributed by atoms with Crippen LogP contribution in [-0.4, -0.2) is 71.7 Å². The average molecular weight is 405 g/mol. The van der Waals surface area contributed by atoms with E-state index in [1.807, 2.05) is 0 Å². The maximum absolute atomic E-state index is 12.3. The van der Waals surface area contributed by atoms with Crippen molar-refractivity contribution in [3.63, 3.8) is 0 Å². The third-order valence-electron chi connectivity index (χ3n) is 3.33. The number of thiol groups is 1. The van der Waals surface area contributed by atoms with E-state index < -0.39 is 41.8 Å². The molecule has 0 aliphatic heterocycles. The Labute approximate surface area is 162 Å². The molecular formula is C14H27N7O5S. The van der Waals surface area contributed by atoms with Crippen LogP contribution in [0.5, 0.6) is 0 Å². The molecule has 0 saturated carbocycles. The Kier molecular flexibility index (Phi) is 11.6. The summed E-state index contributed by atoms with van der Waals surface area (Å²) in [5, 5.41) is 16.3. The van der Waals surface area contributed by atoms with Gasteiger partial charge in [0.1, 0.15) is 18.1 Å². The van der Waals surface area contributed by atoms with Crippen LogP contribution >= 0.6 is 12.6 Å². The van der Waals surface area contributed by atoms with Gasteiger partial charge in [-0.25, -0.2) is 4.79 Å². The molecule has 0 bridgehead atoms.